The second-order valence-electron chi connectivity index (χ2n) is 2.28. The molecule has 0 amide bonds. The molecule has 2 heterocycles. The summed E-state index contributed by atoms with van der Waals surface area (Å²) in [6.45, 7) is 1.62. The molecule has 0 N–H and O–H groups in total. The lowest BCUT2D eigenvalue weighted by Gasteiger charge is -1.88. The fraction of sp³-hybridized carbons (Fsp3) is 0.143. The third-order valence-corrected chi connectivity index (χ3v) is 1.50. The highest BCUT2D eigenvalue weighted by Crippen LogP contribution is 2.06. The van der Waals surface area contributed by atoms with Gasteiger partial charge in [-0.25, -0.2) is 4.98 Å². The van der Waals surface area contributed by atoms with Gasteiger partial charge in [0.05, 0.1) is 5.69 Å². The maximum absolute atomic E-state index is 13.0. The summed E-state index contributed by atoms with van der Waals surface area (Å²) >= 11 is 0. The van der Waals surface area contributed by atoms with Gasteiger partial charge in [-0.3, -0.25) is 0 Å². The van der Waals surface area contributed by atoms with Crippen molar-refractivity contribution in [2.75, 3.05) is 0 Å². The van der Waals surface area contributed by atoms with E-state index in [1.165, 1.54) is 10.7 Å². The Morgan fingerprint density at radius 1 is 1.55 bits per heavy atom. The smallest absolute Gasteiger partial charge is 0.229 e. The van der Waals surface area contributed by atoms with E-state index in [0.29, 0.717) is 11.3 Å². The first-order valence-electron chi connectivity index (χ1n) is 3.25. The Hall–Kier alpha value is -1.45. The van der Waals surface area contributed by atoms with Crippen LogP contribution < -0.4 is 0 Å². The predicted molar refractivity (Wildman–Crippen MR) is 37.7 cm³/mol. The molecular weight excluding hydrogens is 145 g/mol. The minimum atomic E-state index is -0.388. The molecule has 0 fully saturated rings. The molecule has 0 unspecified atom stereocenters. The first kappa shape index (κ1) is 6.27. The maximum atomic E-state index is 13.0. The van der Waals surface area contributed by atoms with Gasteiger partial charge in [0.2, 0.25) is 5.95 Å². The Morgan fingerprint density at radius 3 is 3.09 bits per heavy atom. The van der Waals surface area contributed by atoms with Crippen molar-refractivity contribution in [3.63, 3.8) is 0 Å². The quantitative estimate of drug-likeness (QED) is 0.565. The van der Waals surface area contributed by atoms with Gasteiger partial charge < -0.3 is 0 Å². The second-order valence-corrected chi connectivity index (χ2v) is 2.28. The average molecular weight is 151 g/mol. The van der Waals surface area contributed by atoms with Gasteiger partial charge in [0.15, 0.2) is 5.65 Å². The van der Waals surface area contributed by atoms with Crippen molar-refractivity contribution in [3.05, 3.63) is 30.0 Å². The highest BCUT2D eigenvalue weighted by atomic mass is 19.1. The zero-order valence-electron chi connectivity index (χ0n) is 5.95. The van der Waals surface area contributed by atoms with E-state index < -0.39 is 0 Å². The lowest BCUT2D eigenvalue weighted by atomic mass is 10.5. The first-order chi connectivity index (χ1) is 5.29. The van der Waals surface area contributed by atoms with Crippen molar-refractivity contribution < 1.29 is 4.39 Å². The van der Waals surface area contributed by atoms with Crippen LogP contribution in [0.5, 0.6) is 0 Å². The normalized spacial score (nSPS) is 10.7. The van der Waals surface area contributed by atoms with Crippen molar-refractivity contribution in [3.8, 4) is 0 Å². The monoisotopic (exact) mass is 151 g/mol. The summed E-state index contributed by atoms with van der Waals surface area (Å²) < 4.78 is 14.2. The number of halogens is 1. The Kier molecular flexibility index (Phi) is 1.15. The van der Waals surface area contributed by atoms with E-state index in [4.69, 9.17) is 0 Å². The third-order valence-electron chi connectivity index (χ3n) is 1.50. The van der Waals surface area contributed by atoms with Crippen molar-refractivity contribution in [1.82, 2.24) is 14.6 Å². The van der Waals surface area contributed by atoms with Gasteiger partial charge >= 0.3 is 0 Å². The standard InChI is InChI=1S/C7H6FN3/c1-5-7(8)11-6(10-5)3-2-4-9-11/h2-4H,1H3. The molecule has 0 aromatic carbocycles. The fourth-order valence-electron chi connectivity index (χ4n) is 0.971. The fourth-order valence-corrected chi connectivity index (χ4v) is 0.971. The molecule has 0 atom stereocenters. The highest BCUT2D eigenvalue weighted by Gasteiger charge is 2.06. The highest BCUT2D eigenvalue weighted by molar-refractivity contribution is 5.37. The zero-order valence-corrected chi connectivity index (χ0v) is 5.95. The number of aryl methyl sites for hydroxylation is 1. The van der Waals surface area contributed by atoms with Crippen molar-refractivity contribution in [1.29, 1.82) is 0 Å². The Labute approximate surface area is 62.5 Å². The molecule has 56 valence electrons. The molecule has 4 heteroatoms. The lowest BCUT2D eigenvalue weighted by Crippen LogP contribution is -1.92. The molecule has 2 aromatic heterocycles. The molecule has 0 bridgehead atoms. The van der Waals surface area contributed by atoms with Gasteiger partial charge in [0.1, 0.15) is 0 Å². The summed E-state index contributed by atoms with van der Waals surface area (Å²) in [6.07, 6.45) is 1.52. The summed E-state index contributed by atoms with van der Waals surface area (Å²) in [6, 6.07) is 3.43. The number of fused-ring (bicyclic) bond motifs is 1. The van der Waals surface area contributed by atoms with Crippen LogP contribution in [-0.4, -0.2) is 14.6 Å². The number of rotatable bonds is 0. The van der Waals surface area contributed by atoms with Crippen LogP contribution in [0.2, 0.25) is 0 Å². The molecule has 2 rings (SSSR count). The van der Waals surface area contributed by atoms with E-state index in [-0.39, 0.29) is 5.95 Å². The van der Waals surface area contributed by atoms with E-state index in [1.54, 1.807) is 19.1 Å². The largest absolute Gasteiger partial charge is 0.237 e. The SMILES string of the molecule is Cc1nc2cccnn2c1F. The van der Waals surface area contributed by atoms with Gasteiger partial charge in [0, 0.05) is 6.20 Å². The number of hydrogen-bond donors (Lipinski definition) is 0. The topological polar surface area (TPSA) is 30.2 Å². The average Bonchev–Trinajstić information content (AvgIpc) is 2.30. The molecule has 0 saturated carbocycles. The molecule has 0 radical (unpaired) electrons. The van der Waals surface area contributed by atoms with Crippen LogP contribution in [0.3, 0.4) is 0 Å². The molecular formula is C7H6FN3. The Balaban J connectivity index is 2.92. The van der Waals surface area contributed by atoms with E-state index in [1.807, 2.05) is 0 Å². The molecule has 0 aliphatic rings. The third kappa shape index (κ3) is 0.790. The summed E-state index contributed by atoms with van der Waals surface area (Å²) in [7, 11) is 0. The molecule has 11 heavy (non-hydrogen) atoms. The van der Waals surface area contributed by atoms with E-state index in [2.05, 4.69) is 10.1 Å². The summed E-state index contributed by atoms with van der Waals surface area (Å²) in [4.78, 5) is 3.94. The van der Waals surface area contributed by atoms with Gasteiger partial charge in [0.25, 0.3) is 0 Å². The van der Waals surface area contributed by atoms with Crippen LogP contribution in [0.4, 0.5) is 4.39 Å². The van der Waals surface area contributed by atoms with Crippen LogP contribution in [0.25, 0.3) is 5.65 Å². The summed E-state index contributed by atoms with van der Waals surface area (Å²) in [5, 5.41) is 3.78. The number of hydrogen-bond acceptors (Lipinski definition) is 2. The van der Waals surface area contributed by atoms with Crippen LogP contribution in [0.15, 0.2) is 18.3 Å². The van der Waals surface area contributed by atoms with Gasteiger partial charge in [-0.1, -0.05) is 0 Å². The molecule has 0 spiro atoms. The van der Waals surface area contributed by atoms with Crippen molar-refractivity contribution >= 4 is 5.65 Å². The van der Waals surface area contributed by atoms with Gasteiger partial charge in [-0.05, 0) is 19.1 Å². The minimum absolute atomic E-state index is 0.378. The van der Waals surface area contributed by atoms with E-state index in [0.717, 1.165) is 0 Å². The number of aromatic nitrogens is 3. The summed E-state index contributed by atoms with van der Waals surface area (Å²) in [5.74, 6) is -0.388. The van der Waals surface area contributed by atoms with Crippen LogP contribution in [-0.2, 0) is 0 Å². The molecule has 2 aromatic rings. The van der Waals surface area contributed by atoms with Crippen LogP contribution in [0, 0.1) is 12.9 Å². The van der Waals surface area contributed by atoms with Gasteiger partial charge in [-0.15, -0.1) is 0 Å². The maximum Gasteiger partial charge on any atom is 0.237 e. The lowest BCUT2D eigenvalue weighted by molar-refractivity contribution is 0.541. The number of nitrogens with zero attached hydrogens (tertiary/aromatic N) is 3. The zero-order chi connectivity index (χ0) is 7.84. The Morgan fingerprint density at radius 2 is 2.36 bits per heavy atom. The molecule has 0 saturated heterocycles. The van der Waals surface area contributed by atoms with Crippen LogP contribution in [0.1, 0.15) is 5.69 Å². The molecule has 3 nitrogen and oxygen atoms in total. The van der Waals surface area contributed by atoms with Crippen molar-refractivity contribution in [2.24, 2.45) is 0 Å². The van der Waals surface area contributed by atoms with E-state index in [9.17, 15) is 4.39 Å². The number of imidazole rings is 1. The van der Waals surface area contributed by atoms with Crippen molar-refractivity contribution in [2.45, 2.75) is 6.92 Å². The van der Waals surface area contributed by atoms with E-state index >= 15 is 0 Å². The molecule has 0 aliphatic heterocycles. The first-order valence-corrected chi connectivity index (χ1v) is 3.25. The predicted octanol–water partition coefficient (Wildman–Crippen LogP) is 1.18. The Bertz CT molecular complexity index is 393. The molecule has 0 aliphatic carbocycles. The minimum Gasteiger partial charge on any atom is -0.229 e. The van der Waals surface area contributed by atoms with Gasteiger partial charge in [-0.2, -0.15) is 14.0 Å². The second kappa shape index (κ2) is 2.02. The van der Waals surface area contributed by atoms with Crippen LogP contribution >= 0.6 is 0 Å². The summed E-state index contributed by atoms with van der Waals surface area (Å²) in [5.41, 5.74) is 0.922.